The van der Waals surface area contributed by atoms with Crippen molar-refractivity contribution in [2.45, 2.75) is 0 Å². The van der Waals surface area contributed by atoms with Crippen molar-refractivity contribution in [3.8, 4) is 11.5 Å². The number of halogens is 1. The van der Waals surface area contributed by atoms with Crippen LogP contribution in [0.2, 0.25) is 5.02 Å². The number of rotatable bonds is 3. The summed E-state index contributed by atoms with van der Waals surface area (Å²) in [5.74, 6) is 0.0243. The Morgan fingerprint density at radius 1 is 0.962 bits per heavy atom. The Morgan fingerprint density at radius 3 is 2.08 bits per heavy atom. The second-order valence-electron chi connectivity index (χ2n) is 5.97. The molecule has 2 aromatic rings. The van der Waals surface area contributed by atoms with E-state index < -0.39 is 0 Å². The SMILES string of the molecule is COc1ccc(C(=O)N2CCN(C(=O)c3ccc(Cl)cc3)CC2)c(O)c1. The first-order valence-electron chi connectivity index (χ1n) is 8.20. The van der Waals surface area contributed by atoms with Gasteiger partial charge in [-0.1, -0.05) is 11.6 Å². The predicted molar refractivity (Wildman–Crippen MR) is 97.9 cm³/mol. The van der Waals surface area contributed by atoms with Gasteiger partial charge in [0.05, 0.1) is 12.7 Å². The van der Waals surface area contributed by atoms with Crippen LogP contribution in [0.15, 0.2) is 42.5 Å². The molecule has 0 bridgehead atoms. The van der Waals surface area contributed by atoms with Crippen molar-refractivity contribution in [3.63, 3.8) is 0 Å². The van der Waals surface area contributed by atoms with Crippen molar-refractivity contribution in [1.29, 1.82) is 0 Å². The fraction of sp³-hybridized carbons (Fsp3) is 0.263. The van der Waals surface area contributed by atoms with Gasteiger partial charge in [-0.25, -0.2) is 0 Å². The van der Waals surface area contributed by atoms with E-state index in [2.05, 4.69) is 0 Å². The van der Waals surface area contributed by atoms with Gasteiger partial charge in [-0.05, 0) is 36.4 Å². The van der Waals surface area contributed by atoms with Gasteiger partial charge in [0.1, 0.15) is 11.5 Å². The zero-order valence-corrected chi connectivity index (χ0v) is 15.1. The summed E-state index contributed by atoms with van der Waals surface area (Å²) in [5, 5.41) is 10.6. The van der Waals surface area contributed by atoms with Gasteiger partial charge in [0.25, 0.3) is 11.8 Å². The first kappa shape index (κ1) is 18.1. The lowest BCUT2D eigenvalue weighted by molar-refractivity contribution is 0.0533. The molecule has 0 atom stereocenters. The summed E-state index contributed by atoms with van der Waals surface area (Å²) in [5.41, 5.74) is 0.797. The molecule has 0 saturated carbocycles. The topological polar surface area (TPSA) is 70.1 Å². The summed E-state index contributed by atoms with van der Waals surface area (Å²) in [6, 6.07) is 11.3. The van der Waals surface area contributed by atoms with Crippen LogP contribution in [-0.4, -0.2) is 60.0 Å². The molecule has 136 valence electrons. The van der Waals surface area contributed by atoms with E-state index in [-0.39, 0.29) is 23.1 Å². The lowest BCUT2D eigenvalue weighted by Gasteiger charge is -2.35. The number of hydrogen-bond donors (Lipinski definition) is 1. The van der Waals surface area contributed by atoms with Crippen molar-refractivity contribution in [2.24, 2.45) is 0 Å². The van der Waals surface area contributed by atoms with E-state index in [9.17, 15) is 14.7 Å². The molecule has 6 nitrogen and oxygen atoms in total. The van der Waals surface area contributed by atoms with Gasteiger partial charge in [0, 0.05) is 42.8 Å². The van der Waals surface area contributed by atoms with E-state index in [4.69, 9.17) is 16.3 Å². The molecule has 0 unspecified atom stereocenters. The fourth-order valence-electron chi connectivity index (χ4n) is 2.88. The number of nitrogens with zero attached hydrogens (tertiary/aromatic N) is 2. The summed E-state index contributed by atoms with van der Waals surface area (Å²) in [4.78, 5) is 28.5. The number of benzene rings is 2. The summed E-state index contributed by atoms with van der Waals surface area (Å²) < 4.78 is 5.03. The second kappa shape index (κ2) is 7.66. The summed E-state index contributed by atoms with van der Waals surface area (Å²) in [7, 11) is 1.49. The molecular weight excluding hydrogens is 356 g/mol. The number of hydrogen-bond acceptors (Lipinski definition) is 4. The highest BCUT2D eigenvalue weighted by Crippen LogP contribution is 2.25. The zero-order chi connectivity index (χ0) is 18.7. The fourth-order valence-corrected chi connectivity index (χ4v) is 3.00. The van der Waals surface area contributed by atoms with Gasteiger partial charge >= 0.3 is 0 Å². The highest BCUT2D eigenvalue weighted by atomic mass is 35.5. The molecule has 0 spiro atoms. The molecule has 1 fully saturated rings. The van der Waals surface area contributed by atoms with E-state index in [1.807, 2.05) is 0 Å². The van der Waals surface area contributed by atoms with Crippen molar-refractivity contribution in [3.05, 3.63) is 58.6 Å². The molecule has 1 aliphatic rings. The third kappa shape index (κ3) is 3.75. The number of carbonyl (C=O) groups excluding carboxylic acids is 2. The molecule has 1 heterocycles. The van der Waals surface area contributed by atoms with E-state index in [0.717, 1.165) is 0 Å². The Morgan fingerprint density at radius 2 is 1.54 bits per heavy atom. The molecule has 1 aliphatic heterocycles. The lowest BCUT2D eigenvalue weighted by atomic mass is 10.1. The molecule has 0 radical (unpaired) electrons. The normalized spacial score (nSPS) is 14.2. The number of carbonyl (C=O) groups is 2. The Balaban J connectivity index is 1.63. The Labute approximate surface area is 156 Å². The predicted octanol–water partition coefficient (Wildman–Crippen LogP) is 2.65. The third-order valence-corrected chi connectivity index (χ3v) is 4.63. The van der Waals surface area contributed by atoms with Crippen LogP contribution in [0, 0.1) is 0 Å². The van der Waals surface area contributed by atoms with Crippen LogP contribution >= 0.6 is 11.6 Å². The van der Waals surface area contributed by atoms with E-state index in [1.54, 1.807) is 46.2 Å². The average molecular weight is 375 g/mol. The number of methoxy groups -OCH3 is 1. The minimum Gasteiger partial charge on any atom is -0.507 e. The van der Waals surface area contributed by atoms with Gasteiger partial charge < -0.3 is 19.6 Å². The summed E-state index contributed by atoms with van der Waals surface area (Å²) in [6.07, 6.45) is 0. The Bertz CT molecular complexity index is 815. The zero-order valence-electron chi connectivity index (χ0n) is 14.3. The van der Waals surface area contributed by atoms with Crippen LogP contribution in [0.1, 0.15) is 20.7 Å². The van der Waals surface area contributed by atoms with Crippen LogP contribution in [0.4, 0.5) is 0 Å². The molecule has 0 aliphatic carbocycles. The van der Waals surface area contributed by atoms with Crippen molar-refractivity contribution in [1.82, 2.24) is 9.80 Å². The van der Waals surface area contributed by atoms with Crippen molar-refractivity contribution < 1.29 is 19.4 Å². The van der Waals surface area contributed by atoms with Gasteiger partial charge in [-0.15, -0.1) is 0 Å². The van der Waals surface area contributed by atoms with Crippen LogP contribution in [0.5, 0.6) is 11.5 Å². The van der Waals surface area contributed by atoms with Gasteiger partial charge in [-0.3, -0.25) is 9.59 Å². The maximum atomic E-state index is 12.6. The smallest absolute Gasteiger partial charge is 0.257 e. The number of amides is 2. The third-order valence-electron chi connectivity index (χ3n) is 4.38. The molecular formula is C19H19ClN2O4. The highest BCUT2D eigenvalue weighted by Gasteiger charge is 2.26. The summed E-state index contributed by atoms with van der Waals surface area (Å²) in [6.45, 7) is 1.68. The Kier molecular flexibility index (Phi) is 5.32. The van der Waals surface area contributed by atoms with Crippen molar-refractivity contribution in [2.75, 3.05) is 33.3 Å². The van der Waals surface area contributed by atoms with Gasteiger partial charge in [0.15, 0.2) is 0 Å². The highest BCUT2D eigenvalue weighted by molar-refractivity contribution is 6.30. The van der Waals surface area contributed by atoms with E-state index in [0.29, 0.717) is 42.5 Å². The standard InChI is InChI=1S/C19H19ClN2O4/c1-26-15-6-7-16(17(23)12-15)19(25)22-10-8-21(9-11-22)18(24)13-2-4-14(20)5-3-13/h2-7,12,23H,8-11H2,1H3. The Hall–Kier alpha value is -2.73. The lowest BCUT2D eigenvalue weighted by Crippen LogP contribution is -2.50. The average Bonchev–Trinajstić information content (AvgIpc) is 2.67. The number of piperazine rings is 1. The number of aromatic hydroxyl groups is 1. The maximum absolute atomic E-state index is 12.6. The van der Waals surface area contributed by atoms with Gasteiger partial charge in [-0.2, -0.15) is 0 Å². The first-order chi connectivity index (χ1) is 12.5. The molecule has 3 rings (SSSR count). The molecule has 26 heavy (non-hydrogen) atoms. The second-order valence-corrected chi connectivity index (χ2v) is 6.41. The van der Waals surface area contributed by atoms with E-state index in [1.165, 1.54) is 13.2 Å². The first-order valence-corrected chi connectivity index (χ1v) is 8.58. The molecule has 1 saturated heterocycles. The number of ether oxygens (including phenoxy) is 1. The minimum atomic E-state index is -0.260. The largest absolute Gasteiger partial charge is 0.507 e. The molecule has 2 aromatic carbocycles. The monoisotopic (exact) mass is 374 g/mol. The number of phenolic OH excluding ortho intramolecular Hbond substituents is 1. The van der Waals surface area contributed by atoms with Crippen molar-refractivity contribution >= 4 is 23.4 Å². The van der Waals surface area contributed by atoms with Crippen LogP contribution in [0.25, 0.3) is 0 Å². The van der Waals surface area contributed by atoms with E-state index >= 15 is 0 Å². The molecule has 2 amide bonds. The summed E-state index contributed by atoms with van der Waals surface area (Å²) >= 11 is 5.85. The maximum Gasteiger partial charge on any atom is 0.257 e. The quantitative estimate of drug-likeness (QED) is 0.896. The minimum absolute atomic E-state index is 0.0824. The van der Waals surface area contributed by atoms with Gasteiger partial charge in [0.2, 0.25) is 0 Å². The number of phenols is 1. The molecule has 0 aromatic heterocycles. The van der Waals surface area contributed by atoms with Crippen LogP contribution in [0.3, 0.4) is 0 Å². The van der Waals surface area contributed by atoms with Crippen LogP contribution in [-0.2, 0) is 0 Å². The molecule has 7 heteroatoms. The van der Waals surface area contributed by atoms with Crippen LogP contribution < -0.4 is 4.74 Å². The molecule has 1 N–H and O–H groups in total.